The Kier molecular flexibility index (Phi) is 10.9. The summed E-state index contributed by atoms with van der Waals surface area (Å²) in [5, 5.41) is 0. The minimum absolute atomic E-state index is 0.186. The van der Waals surface area contributed by atoms with Crippen LogP contribution in [0.4, 0.5) is 0 Å². The maximum Gasteiger partial charge on any atom is 0.338 e. The standard InChI is InChI=1S/C18H34O6/c1-11(2)9-21-17(19)15(23-13(5)6)16(24-14(7)8)18(20)22-10-12(3)4/h11-16H,9-10H2,1-8H3. The van der Waals surface area contributed by atoms with Crippen molar-refractivity contribution in [1.29, 1.82) is 0 Å². The van der Waals surface area contributed by atoms with Crippen molar-refractivity contribution in [2.24, 2.45) is 11.8 Å². The number of carbonyl (C=O) groups excluding carboxylic acids is 2. The Morgan fingerprint density at radius 3 is 1.12 bits per heavy atom. The lowest BCUT2D eigenvalue weighted by Crippen LogP contribution is -2.48. The van der Waals surface area contributed by atoms with Crippen molar-refractivity contribution in [3.63, 3.8) is 0 Å². The maximum atomic E-state index is 12.4. The second-order valence-electron chi connectivity index (χ2n) is 7.26. The number of esters is 2. The lowest BCUT2D eigenvalue weighted by atomic mass is 10.1. The summed E-state index contributed by atoms with van der Waals surface area (Å²) in [7, 11) is 0. The van der Waals surface area contributed by atoms with Crippen LogP contribution in [-0.2, 0) is 28.5 Å². The van der Waals surface area contributed by atoms with E-state index >= 15 is 0 Å². The number of carbonyl (C=O) groups is 2. The zero-order valence-electron chi connectivity index (χ0n) is 16.3. The third kappa shape index (κ3) is 9.88. The quantitative estimate of drug-likeness (QED) is 0.536. The van der Waals surface area contributed by atoms with Gasteiger partial charge in [-0.15, -0.1) is 0 Å². The minimum Gasteiger partial charge on any atom is -0.463 e. The third-order valence-corrected chi connectivity index (χ3v) is 2.69. The van der Waals surface area contributed by atoms with E-state index in [0.29, 0.717) is 0 Å². The van der Waals surface area contributed by atoms with Gasteiger partial charge < -0.3 is 18.9 Å². The minimum atomic E-state index is -1.15. The maximum absolute atomic E-state index is 12.4. The molecule has 0 rings (SSSR count). The van der Waals surface area contributed by atoms with Crippen LogP contribution in [0.25, 0.3) is 0 Å². The molecule has 0 bridgehead atoms. The molecule has 0 aliphatic rings. The lowest BCUT2D eigenvalue weighted by Gasteiger charge is -2.28. The van der Waals surface area contributed by atoms with Crippen LogP contribution < -0.4 is 0 Å². The Bertz CT molecular complexity index is 340. The number of hydrogen-bond donors (Lipinski definition) is 0. The van der Waals surface area contributed by atoms with Crippen molar-refractivity contribution in [2.75, 3.05) is 13.2 Å². The first kappa shape index (κ1) is 22.9. The Labute approximate surface area is 146 Å². The zero-order valence-corrected chi connectivity index (χ0v) is 16.3. The van der Waals surface area contributed by atoms with E-state index < -0.39 is 24.1 Å². The van der Waals surface area contributed by atoms with Gasteiger partial charge in [0.05, 0.1) is 25.4 Å². The Morgan fingerprint density at radius 1 is 0.625 bits per heavy atom. The highest BCUT2D eigenvalue weighted by Crippen LogP contribution is 2.15. The average molecular weight is 346 g/mol. The van der Waals surface area contributed by atoms with Gasteiger partial charge in [-0.2, -0.15) is 0 Å². The van der Waals surface area contributed by atoms with E-state index in [1.165, 1.54) is 0 Å². The molecule has 0 saturated heterocycles. The van der Waals surface area contributed by atoms with Crippen LogP contribution >= 0.6 is 0 Å². The second kappa shape index (κ2) is 11.4. The van der Waals surface area contributed by atoms with E-state index in [2.05, 4.69) is 0 Å². The van der Waals surface area contributed by atoms with Crippen LogP contribution in [0.15, 0.2) is 0 Å². The predicted molar refractivity (Wildman–Crippen MR) is 91.6 cm³/mol. The molecule has 0 N–H and O–H groups in total. The van der Waals surface area contributed by atoms with Gasteiger partial charge in [0.2, 0.25) is 0 Å². The van der Waals surface area contributed by atoms with E-state index in [0.717, 1.165) is 0 Å². The zero-order chi connectivity index (χ0) is 18.9. The average Bonchev–Trinajstić information content (AvgIpc) is 2.45. The van der Waals surface area contributed by atoms with Crippen LogP contribution in [0.1, 0.15) is 55.4 Å². The van der Waals surface area contributed by atoms with Gasteiger partial charge >= 0.3 is 11.9 Å². The molecule has 0 saturated carbocycles. The van der Waals surface area contributed by atoms with E-state index in [1.54, 1.807) is 27.7 Å². The van der Waals surface area contributed by atoms with Crippen LogP contribution in [0.2, 0.25) is 0 Å². The summed E-state index contributed by atoms with van der Waals surface area (Å²) in [6.45, 7) is 15.4. The van der Waals surface area contributed by atoms with Gasteiger partial charge in [0.25, 0.3) is 0 Å². The summed E-state index contributed by atoms with van der Waals surface area (Å²) < 4.78 is 21.8. The molecule has 0 radical (unpaired) electrons. The smallest absolute Gasteiger partial charge is 0.338 e. The molecule has 0 fully saturated rings. The molecule has 6 heteroatoms. The van der Waals surface area contributed by atoms with Gasteiger partial charge in [0.15, 0.2) is 12.2 Å². The van der Waals surface area contributed by atoms with Gasteiger partial charge in [-0.25, -0.2) is 9.59 Å². The highest BCUT2D eigenvalue weighted by Gasteiger charge is 2.39. The fourth-order valence-corrected chi connectivity index (χ4v) is 1.75. The molecule has 0 aliphatic carbocycles. The first-order valence-corrected chi connectivity index (χ1v) is 8.68. The monoisotopic (exact) mass is 346 g/mol. The van der Waals surface area contributed by atoms with E-state index in [4.69, 9.17) is 18.9 Å². The molecule has 0 aromatic carbocycles. The van der Waals surface area contributed by atoms with E-state index in [1.807, 2.05) is 27.7 Å². The fraction of sp³-hybridized carbons (Fsp3) is 0.889. The van der Waals surface area contributed by atoms with Crippen LogP contribution in [0.5, 0.6) is 0 Å². The first-order chi connectivity index (χ1) is 11.0. The van der Waals surface area contributed by atoms with Crippen LogP contribution in [0.3, 0.4) is 0 Å². The summed E-state index contributed by atoms with van der Waals surface area (Å²) in [6, 6.07) is 0. The molecule has 24 heavy (non-hydrogen) atoms. The molecule has 0 aromatic heterocycles. The first-order valence-electron chi connectivity index (χ1n) is 8.68. The number of ether oxygens (including phenoxy) is 4. The summed E-state index contributed by atoms with van der Waals surface area (Å²) >= 11 is 0. The number of rotatable bonds is 11. The van der Waals surface area contributed by atoms with Crippen molar-refractivity contribution in [3.05, 3.63) is 0 Å². The third-order valence-electron chi connectivity index (χ3n) is 2.69. The highest BCUT2D eigenvalue weighted by molar-refractivity contribution is 5.85. The van der Waals surface area contributed by atoms with Gasteiger partial charge in [-0.3, -0.25) is 0 Å². The molecule has 0 spiro atoms. The Hall–Kier alpha value is -1.14. The Morgan fingerprint density at radius 2 is 0.917 bits per heavy atom. The molecule has 0 heterocycles. The topological polar surface area (TPSA) is 71.1 Å². The molecule has 0 amide bonds. The van der Waals surface area contributed by atoms with Gasteiger partial charge in [-0.1, -0.05) is 27.7 Å². The van der Waals surface area contributed by atoms with Crippen molar-refractivity contribution >= 4 is 11.9 Å². The molecule has 2 unspecified atom stereocenters. The fourth-order valence-electron chi connectivity index (χ4n) is 1.75. The molecular formula is C18H34O6. The molecule has 0 aliphatic heterocycles. The largest absolute Gasteiger partial charge is 0.463 e. The van der Waals surface area contributed by atoms with Crippen molar-refractivity contribution in [3.8, 4) is 0 Å². The van der Waals surface area contributed by atoms with Crippen LogP contribution in [-0.4, -0.2) is 49.6 Å². The van der Waals surface area contributed by atoms with E-state index in [9.17, 15) is 9.59 Å². The normalized spacial score (nSPS) is 14.3. The van der Waals surface area contributed by atoms with Crippen LogP contribution in [0, 0.1) is 11.8 Å². The highest BCUT2D eigenvalue weighted by atomic mass is 16.6. The van der Waals surface area contributed by atoms with Gasteiger partial charge in [0, 0.05) is 0 Å². The van der Waals surface area contributed by atoms with Crippen molar-refractivity contribution in [2.45, 2.75) is 79.8 Å². The predicted octanol–water partition coefficient (Wildman–Crippen LogP) is 2.97. The Balaban J connectivity index is 5.23. The van der Waals surface area contributed by atoms with Gasteiger partial charge in [-0.05, 0) is 39.5 Å². The van der Waals surface area contributed by atoms with E-state index in [-0.39, 0.29) is 37.3 Å². The second-order valence-corrected chi connectivity index (χ2v) is 7.26. The summed E-state index contributed by atoms with van der Waals surface area (Å²) in [4.78, 5) is 24.8. The SMILES string of the molecule is CC(C)COC(=O)C(OC(C)C)C(OC(C)C)C(=O)OCC(C)C. The molecule has 6 nitrogen and oxygen atoms in total. The molecule has 142 valence electrons. The molecule has 2 atom stereocenters. The van der Waals surface area contributed by atoms with Crippen molar-refractivity contribution in [1.82, 2.24) is 0 Å². The summed E-state index contributed by atoms with van der Waals surface area (Å²) in [6.07, 6.45) is -2.83. The molecule has 0 aromatic rings. The molecular weight excluding hydrogens is 312 g/mol. The summed E-state index contributed by atoms with van der Waals surface area (Å²) in [5.74, 6) is -0.842. The van der Waals surface area contributed by atoms with Crippen molar-refractivity contribution < 1.29 is 28.5 Å². The lowest BCUT2D eigenvalue weighted by molar-refractivity contribution is -0.191. The number of hydrogen-bond acceptors (Lipinski definition) is 6. The van der Waals surface area contributed by atoms with Gasteiger partial charge in [0.1, 0.15) is 0 Å². The summed E-state index contributed by atoms with van der Waals surface area (Å²) in [5.41, 5.74) is 0.